The first-order valence-corrected chi connectivity index (χ1v) is 8.07. The summed E-state index contributed by atoms with van der Waals surface area (Å²) in [4.78, 5) is 1.18. The van der Waals surface area contributed by atoms with E-state index in [4.69, 9.17) is 5.73 Å². The number of halogens is 1. The summed E-state index contributed by atoms with van der Waals surface area (Å²) in [6.07, 6.45) is 2.03. The molecule has 3 nitrogen and oxygen atoms in total. The van der Waals surface area contributed by atoms with Gasteiger partial charge < -0.3 is 5.73 Å². The van der Waals surface area contributed by atoms with E-state index >= 15 is 0 Å². The minimum atomic E-state index is -0.254. The lowest BCUT2D eigenvalue weighted by molar-refractivity contribution is 0.616. The van der Waals surface area contributed by atoms with Crippen LogP contribution in [0.3, 0.4) is 0 Å². The normalized spacial score (nSPS) is 10.9. The summed E-state index contributed by atoms with van der Waals surface area (Å²) in [7, 11) is 0. The molecule has 3 aromatic rings. The number of thioether (sulfide) groups is 1. The van der Waals surface area contributed by atoms with Crippen molar-refractivity contribution >= 4 is 17.6 Å². The van der Waals surface area contributed by atoms with Gasteiger partial charge in [0.15, 0.2) is 0 Å². The molecule has 0 atom stereocenters. The second-order valence-electron chi connectivity index (χ2n) is 5.03. The van der Waals surface area contributed by atoms with E-state index in [9.17, 15) is 4.39 Å². The molecule has 1 heterocycles. The van der Waals surface area contributed by atoms with E-state index in [1.165, 1.54) is 11.0 Å². The molecular formula is C17H16FN3S. The van der Waals surface area contributed by atoms with E-state index in [0.29, 0.717) is 17.1 Å². The molecule has 1 aromatic heterocycles. The van der Waals surface area contributed by atoms with E-state index in [1.807, 2.05) is 36.6 Å². The van der Waals surface area contributed by atoms with Crippen molar-refractivity contribution < 1.29 is 4.39 Å². The lowest BCUT2D eigenvalue weighted by Crippen LogP contribution is -2.01. The zero-order chi connectivity index (χ0) is 15.7. The fraction of sp³-hybridized carbons (Fsp3) is 0.118. The van der Waals surface area contributed by atoms with Crippen LogP contribution in [0.4, 0.5) is 10.2 Å². The zero-order valence-corrected chi connectivity index (χ0v) is 13.2. The maximum atomic E-state index is 13.8. The number of hydrogen-bond acceptors (Lipinski definition) is 3. The van der Waals surface area contributed by atoms with Crippen LogP contribution in [-0.4, -0.2) is 16.0 Å². The van der Waals surface area contributed by atoms with Gasteiger partial charge in [-0.2, -0.15) is 5.10 Å². The molecule has 2 aromatic carbocycles. The number of rotatable bonds is 3. The first-order valence-electron chi connectivity index (χ1n) is 6.85. The van der Waals surface area contributed by atoms with Crippen LogP contribution >= 0.6 is 11.8 Å². The van der Waals surface area contributed by atoms with Crippen LogP contribution in [0.15, 0.2) is 53.4 Å². The summed E-state index contributed by atoms with van der Waals surface area (Å²) in [6.45, 7) is 1.73. The number of benzene rings is 2. The summed E-state index contributed by atoms with van der Waals surface area (Å²) in [6, 6.07) is 15.0. The molecule has 0 saturated heterocycles. The van der Waals surface area contributed by atoms with Crippen molar-refractivity contribution in [3.63, 3.8) is 0 Å². The van der Waals surface area contributed by atoms with Crippen molar-refractivity contribution in [3.05, 3.63) is 59.9 Å². The Hall–Kier alpha value is -2.27. The lowest BCUT2D eigenvalue weighted by Gasteiger charge is -2.09. The van der Waals surface area contributed by atoms with Gasteiger partial charge in [0, 0.05) is 16.5 Å². The van der Waals surface area contributed by atoms with Gasteiger partial charge in [0.2, 0.25) is 0 Å². The van der Waals surface area contributed by atoms with Crippen LogP contribution in [0.5, 0.6) is 0 Å². The summed E-state index contributed by atoms with van der Waals surface area (Å²) in [5.41, 5.74) is 8.94. The minimum absolute atomic E-state index is 0.254. The predicted octanol–water partition coefficient (Wildman–Crippen LogP) is 4.29. The molecule has 0 spiro atoms. The molecule has 0 aliphatic heterocycles. The van der Waals surface area contributed by atoms with E-state index in [-0.39, 0.29) is 5.82 Å². The highest BCUT2D eigenvalue weighted by Gasteiger charge is 2.11. The number of nitrogen functional groups attached to an aromatic ring is 1. The Bertz CT molecular complexity index is 809. The monoisotopic (exact) mass is 313 g/mol. The average Bonchev–Trinajstić information content (AvgIpc) is 2.92. The van der Waals surface area contributed by atoms with E-state index in [1.54, 1.807) is 35.5 Å². The number of aryl methyl sites for hydroxylation is 1. The largest absolute Gasteiger partial charge is 0.382 e. The molecular weight excluding hydrogens is 297 g/mol. The molecule has 0 saturated carbocycles. The zero-order valence-electron chi connectivity index (χ0n) is 12.4. The molecule has 0 aliphatic carbocycles. The highest BCUT2D eigenvalue weighted by atomic mass is 32.2. The van der Waals surface area contributed by atoms with Crippen LogP contribution in [-0.2, 0) is 0 Å². The highest BCUT2D eigenvalue weighted by Crippen LogP contribution is 2.27. The Morgan fingerprint density at radius 1 is 1.09 bits per heavy atom. The van der Waals surface area contributed by atoms with Gasteiger partial charge in [-0.1, -0.05) is 18.2 Å². The molecule has 22 heavy (non-hydrogen) atoms. The quantitative estimate of drug-likeness (QED) is 0.734. The van der Waals surface area contributed by atoms with E-state index < -0.39 is 0 Å². The van der Waals surface area contributed by atoms with Gasteiger partial charge in [-0.3, -0.25) is 0 Å². The Morgan fingerprint density at radius 3 is 2.45 bits per heavy atom. The van der Waals surface area contributed by atoms with E-state index in [2.05, 4.69) is 5.10 Å². The fourth-order valence-corrected chi connectivity index (χ4v) is 2.69. The smallest absolute Gasteiger partial charge is 0.146 e. The second kappa shape index (κ2) is 5.85. The fourth-order valence-electron chi connectivity index (χ4n) is 2.28. The van der Waals surface area contributed by atoms with Gasteiger partial charge in [-0.05, 0) is 43.0 Å². The third-order valence-corrected chi connectivity index (χ3v) is 4.26. The van der Waals surface area contributed by atoms with Crippen molar-refractivity contribution in [3.8, 4) is 16.9 Å². The van der Waals surface area contributed by atoms with Crippen molar-refractivity contribution in [2.24, 2.45) is 0 Å². The standard InChI is InChI=1S/C17H16FN3S/c1-11-3-6-13(9-15(11)18)21-16(10-17(19)20-21)12-4-7-14(22-2)8-5-12/h3-10H,1-2H3,(H2,19,20). The molecule has 0 bridgehead atoms. The Kier molecular flexibility index (Phi) is 3.90. The van der Waals surface area contributed by atoms with Crippen molar-refractivity contribution in [1.29, 1.82) is 0 Å². The van der Waals surface area contributed by atoms with Gasteiger partial charge in [0.25, 0.3) is 0 Å². The summed E-state index contributed by atoms with van der Waals surface area (Å²) in [5.74, 6) is 0.153. The van der Waals surface area contributed by atoms with Crippen LogP contribution < -0.4 is 5.73 Å². The highest BCUT2D eigenvalue weighted by molar-refractivity contribution is 7.98. The van der Waals surface area contributed by atoms with Crippen LogP contribution in [0.25, 0.3) is 16.9 Å². The first kappa shape index (κ1) is 14.7. The number of hydrogen-bond donors (Lipinski definition) is 1. The third-order valence-electron chi connectivity index (χ3n) is 3.51. The van der Waals surface area contributed by atoms with Crippen molar-refractivity contribution in [2.45, 2.75) is 11.8 Å². The first-order chi connectivity index (χ1) is 10.6. The molecule has 0 unspecified atom stereocenters. The van der Waals surface area contributed by atoms with Gasteiger partial charge >= 0.3 is 0 Å². The van der Waals surface area contributed by atoms with Crippen LogP contribution in [0.1, 0.15) is 5.56 Å². The van der Waals surface area contributed by atoms with Crippen LogP contribution in [0, 0.1) is 12.7 Å². The van der Waals surface area contributed by atoms with Crippen molar-refractivity contribution in [2.75, 3.05) is 12.0 Å². The molecule has 0 aliphatic rings. The number of nitrogens with two attached hydrogens (primary N) is 1. The second-order valence-corrected chi connectivity index (χ2v) is 5.91. The summed E-state index contributed by atoms with van der Waals surface area (Å²) >= 11 is 1.69. The minimum Gasteiger partial charge on any atom is -0.382 e. The maximum absolute atomic E-state index is 13.8. The Morgan fingerprint density at radius 2 is 1.82 bits per heavy atom. The van der Waals surface area contributed by atoms with Gasteiger partial charge in [0.1, 0.15) is 11.6 Å². The molecule has 3 rings (SSSR count). The molecule has 2 N–H and O–H groups in total. The predicted molar refractivity (Wildman–Crippen MR) is 89.9 cm³/mol. The topological polar surface area (TPSA) is 43.8 Å². The molecule has 5 heteroatoms. The Labute approximate surface area is 133 Å². The SMILES string of the molecule is CSc1ccc(-c2cc(N)nn2-c2ccc(C)c(F)c2)cc1. The van der Waals surface area contributed by atoms with Gasteiger partial charge in [-0.15, -0.1) is 11.8 Å². The number of nitrogens with zero attached hydrogens (tertiary/aromatic N) is 2. The molecule has 0 radical (unpaired) electrons. The Balaban J connectivity index is 2.10. The summed E-state index contributed by atoms with van der Waals surface area (Å²) < 4.78 is 15.5. The van der Waals surface area contributed by atoms with Crippen LogP contribution in [0.2, 0.25) is 0 Å². The van der Waals surface area contributed by atoms with Crippen molar-refractivity contribution in [1.82, 2.24) is 9.78 Å². The number of aromatic nitrogens is 2. The van der Waals surface area contributed by atoms with Gasteiger partial charge in [-0.25, -0.2) is 9.07 Å². The molecule has 0 amide bonds. The molecule has 112 valence electrons. The van der Waals surface area contributed by atoms with E-state index in [0.717, 1.165) is 11.3 Å². The van der Waals surface area contributed by atoms with Gasteiger partial charge in [0.05, 0.1) is 11.4 Å². The molecule has 0 fully saturated rings. The number of anilines is 1. The average molecular weight is 313 g/mol. The maximum Gasteiger partial charge on any atom is 0.146 e. The lowest BCUT2D eigenvalue weighted by atomic mass is 10.1. The third kappa shape index (κ3) is 2.72. The summed E-state index contributed by atoms with van der Waals surface area (Å²) in [5, 5.41) is 4.29.